The van der Waals surface area contributed by atoms with E-state index in [0.717, 1.165) is 0 Å². The maximum atomic E-state index is 13.7. The summed E-state index contributed by atoms with van der Waals surface area (Å²) < 4.78 is 24.9. The number of nitrogens with one attached hydrogen (secondary N) is 4. The molecular weight excluding hydrogens is 669 g/mol. The number of benzene rings is 2. The number of phenols is 1. The van der Waals surface area contributed by atoms with Crippen LogP contribution in [0.1, 0.15) is 45.2 Å². The van der Waals surface area contributed by atoms with Gasteiger partial charge in [0.2, 0.25) is 30.1 Å². The number of carboxylic acid groups (broad SMARTS) is 1. The number of carbonyl (C=O) groups is 5. The van der Waals surface area contributed by atoms with Gasteiger partial charge < -0.3 is 37.2 Å². The van der Waals surface area contributed by atoms with Gasteiger partial charge in [0.1, 0.15) is 29.9 Å². The van der Waals surface area contributed by atoms with E-state index in [1.807, 2.05) is 0 Å². The minimum atomic E-state index is -3.07. The number of halogens is 2. The van der Waals surface area contributed by atoms with E-state index in [4.69, 9.17) is 5.73 Å². The molecule has 12 nitrogen and oxygen atoms in total. The molecule has 4 amide bonds. The van der Waals surface area contributed by atoms with Gasteiger partial charge in [-0.2, -0.15) is 25.3 Å². The second kappa shape index (κ2) is 17.5. The highest BCUT2D eigenvalue weighted by Gasteiger charge is 2.39. The molecule has 0 aliphatic rings. The molecule has 2 aromatic carbocycles. The first-order valence-electron chi connectivity index (χ1n) is 14.9. The van der Waals surface area contributed by atoms with Crippen LogP contribution in [0.2, 0.25) is 0 Å². The van der Waals surface area contributed by atoms with Crippen molar-refractivity contribution in [3.8, 4) is 5.75 Å². The lowest BCUT2D eigenvalue weighted by Gasteiger charge is -2.32. The fraction of sp³-hybridized carbons (Fsp3) is 0.469. The molecule has 0 aliphatic heterocycles. The average Bonchev–Trinajstić information content (AvgIpc) is 2.97. The van der Waals surface area contributed by atoms with Crippen LogP contribution in [0.5, 0.6) is 5.75 Å². The van der Waals surface area contributed by atoms with Gasteiger partial charge in [-0.25, -0.2) is 13.6 Å². The lowest BCUT2D eigenvalue weighted by atomic mass is 9.99. The number of hydrogen-bond acceptors (Lipinski definition) is 9. The fourth-order valence-corrected chi connectivity index (χ4v) is 4.93. The largest absolute Gasteiger partial charge is 0.508 e. The summed E-state index contributed by atoms with van der Waals surface area (Å²) in [5, 5.41) is 28.6. The van der Waals surface area contributed by atoms with Gasteiger partial charge in [-0.3, -0.25) is 19.2 Å². The summed E-state index contributed by atoms with van der Waals surface area (Å²) in [6, 6.07) is 6.93. The highest BCUT2D eigenvalue weighted by Crippen LogP contribution is 2.20. The van der Waals surface area contributed by atoms with Crippen molar-refractivity contribution in [2.75, 3.05) is 0 Å². The van der Waals surface area contributed by atoms with Gasteiger partial charge in [0.25, 0.3) is 0 Å². The molecule has 0 aromatic heterocycles. The smallest absolute Gasteiger partial charge is 0.327 e. The predicted molar refractivity (Wildman–Crippen MR) is 182 cm³/mol. The lowest BCUT2D eigenvalue weighted by Crippen LogP contribution is -2.62. The number of aliphatic carboxylic acids is 1. The summed E-state index contributed by atoms with van der Waals surface area (Å²) in [5.41, 5.74) is 7.23. The number of amides is 4. The monoisotopic (exact) mass is 711 g/mol. The highest BCUT2D eigenvalue weighted by atomic mass is 32.1. The summed E-state index contributed by atoms with van der Waals surface area (Å²) in [7, 11) is 0. The topological polar surface area (TPSA) is 200 Å². The molecule has 0 fully saturated rings. The van der Waals surface area contributed by atoms with Crippen LogP contribution >= 0.6 is 25.3 Å². The van der Waals surface area contributed by atoms with Crippen molar-refractivity contribution in [1.82, 2.24) is 21.3 Å². The fourth-order valence-electron chi connectivity index (χ4n) is 4.57. The van der Waals surface area contributed by atoms with Crippen LogP contribution in [-0.4, -0.2) is 85.9 Å². The van der Waals surface area contributed by atoms with Crippen LogP contribution < -0.4 is 27.0 Å². The van der Waals surface area contributed by atoms with Crippen molar-refractivity contribution in [2.24, 2.45) is 5.73 Å². The van der Waals surface area contributed by atoms with Crippen molar-refractivity contribution in [2.45, 2.75) is 93.1 Å². The Bertz CT molecular complexity index is 1420. The molecule has 0 saturated heterocycles. The quantitative estimate of drug-likeness (QED) is 0.110. The van der Waals surface area contributed by atoms with Crippen LogP contribution in [0.3, 0.4) is 0 Å². The van der Waals surface area contributed by atoms with E-state index in [1.54, 1.807) is 42.5 Å². The molecule has 0 spiro atoms. The van der Waals surface area contributed by atoms with Crippen LogP contribution in [0, 0.1) is 0 Å². The Morgan fingerprint density at radius 2 is 1.19 bits per heavy atom. The summed E-state index contributed by atoms with van der Waals surface area (Å²) in [4.78, 5) is 65.1. The zero-order chi connectivity index (χ0) is 36.4. The van der Waals surface area contributed by atoms with Gasteiger partial charge in [-0.1, -0.05) is 42.5 Å². The Morgan fingerprint density at radius 1 is 0.708 bits per heavy atom. The Labute approximate surface area is 288 Å². The van der Waals surface area contributed by atoms with Crippen LogP contribution in [-0.2, 0) is 36.8 Å². The molecule has 0 saturated carbocycles. The SMILES string of the molecule is CC(C)(S)[C@@H](NC(=O)[C@H](Cc1ccccc1)NC(=O)[C@@H](CC(F)F)NC(=O)[C@H](NC(=O)[C@@H](N)Cc1ccc(O)cc1)C(C)(C)S)C(=O)O. The third-order valence-corrected chi connectivity index (χ3v) is 7.70. The van der Waals surface area contributed by atoms with Crippen molar-refractivity contribution < 1.29 is 43.0 Å². The number of hydrogen-bond donors (Lipinski definition) is 9. The molecular formula is C32H43F2N5O7S2. The summed E-state index contributed by atoms with van der Waals surface area (Å²) >= 11 is 8.64. The Morgan fingerprint density at radius 3 is 1.69 bits per heavy atom. The zero-order valence-corrected chi connectivity index (χ0v) is 28.7. The summed E-state index contributed by atoms with van der Waals surface area (Å²) in [6.07, 6.45) is -4.32. The number of nitrogens with two attached hydrogens (primary N) is 1. The van der Waals surface area contributed by atoms with Gasteiger partial charge in [-0.05, 0) is 57.4 Å². The minimum Gasteiger partial charge on any atom is -0.508 e. The highest BCUT2D eigenvalue weighted by molar-refractivity contribution is 7.82. The van der Waals surface area contributed by atoms with E-state index in [-0.39, 0.29) is 18.6 Å². The zero-order valence-electron chi connectivity index (χ0n) is 26.9. The number of thiol groups is 2. The van der Waals surface area contributed by atoms with Gasteiger partial charge in [0.15, 0.2) is 0 Å². The van der Waals surface area contributed by atoms with E-state index in [0.29, 0.717) is 11.1 Å². The Hall–Kier alpha value is -3.89. The second-order valence-electron chi connectivity index (χ2n) is 12.4. The second-order valence-corrected chi connectivity index (χ2v) is 14.7. The Kier molecular flexibility index (Phi) is 14.7. The average molecular weight is 712 g/mol. The number of phenolic OH excluding ortho intramolecular Hbond substituents is 1. The number of carboxylic acids is 1. The molecule has 264 valence electrons. The number of aromatic hydroxyl groups is 1. The van der Waals surface area contributed by atoms with E-state index in [1.165, 1.54) is 39.8 Å². The van der Waals surface area contributed by atoms with Gasteiger partial charge >= 0.3 is 5.97 Å². The Balaban J connectivity index is 2.30. The number of alkyl halides is 2. The molecule has 16 heteroatoms. The van der Waals surface area contributed by atoms with Crippen molar-refractivity contribution in [3.63, 3.8) is 0 Å². The first-order chi connectivity index (χ1) is 22.2. The van der Waals surface area contributed by atoms with E-state index >= 15 is 0 Å². The van der Waals surface area contributed by atoms with E-state index in [9.17, 15) is 43.0 Å². The van der Waals surface area contributed by atoms with Crippen LogP contribution in [0.25, 0.3) is 0 Å². The maximum Gasteiger partial charge on any atom is 0.327 e. The molecule has 2 aromatic rings. The van der Waals surface area contributed by atoms with Gasteiger partial charge in [0.05, 0.1) is 6.04 Å². The van der Waals surface area contributed by atoms with Crippen molar-refractivity contribution in [1.29, 1.82) is 0 Å². The maximum absolute atomic E-state index is 13.7. The van der Waals surface area contributed by atoms with Crippen molar-refractivity contribution in [3.05, 3.63) is 65.7 Å². The minimum absolute atomic E-state index is 0.0193. The molecule has 0 bridgehead atoms. The molecule has 0 aliphatic carbocycles. The molecule has 8 N–H and O–H groups in total. The molecule has 0 radical (unpaired) electrons. The summed E-state index contributed by atoms with van der Waals surface area (Å²) in [5.74, 6) is -5.23. The predicted octanol–water partition coefficient (Wildman–Crippen LogP) is 1.60. The summed E-state index contributed by atoms with van der Waals surface area (Å²) in [6.45, 7) is 5.89. The van der Waals surface area contributed by atoms with Crippen LogP contribution in [0.15, 0.2) is 54.6 Å². The number of carbonyl (C=O) groups excluding carboxylic acids is 4. The molecule has 5 atom stereocenters. The van der Waals surface area contributed by atoms with Gasteiger partial charge in [0, 0.05) is 22.3 Å². The first-order valence-corrected chi connectivity index (χ1v) is 15.8. The van der Waals surface area contributed by atoms with Gasteiger partial charge in [-0.15, -0.1) is 0 Å². The van der Waals surface area contributed by atoms with Crippen molar-refractivity contribution >= 4 is 54.9 Å². The molecule has 48 heavy (non-hydrogen) atoms. The lowest BCUT2D eigenvalue weighted by molar-refractivity contribution is -0.143. The normalized spacial score (nSPS) is 15.0. The van der Waals surface area contributed by atoms with Crippen LogP contribution in [0.4, 0.5) is 8.78 Å². The third kappa shape index (κ3) is 13.0. The molecule has 2 rings (SSSR count). The van der Waals surface area contributed by atoms with E-state index in [2.05, 4.69) is 46.5 Å². The number of rotatable bonds is 17. The molecule has 0 heterocycles. The standard InChI is InChI=1S/C32H43F2N5O7S2/c1-31(2,47)24(38-26(41)20(35)14-18-10-12-19(40)13-11-18)29(44)37-22(16-23(33)34)27(42)36-21(15-17-8-6-5-7-9-17)28(43)39-25(30(45)46)32(3,4)48/h5-13,20-25,40,47-48H,14-16,35H2,1-4H3,(H,36,42)(H,37,44)(H,38,41)(H,39,43)(H,45,46)/t20-,21-,22+,24-,25-/m0/s1. The molecule has 0 unspecified atom stereocenters. The third-order valence-electron chi connectivity index (χ3n) is 7.19. The van der Waals surface area contributed by atoms with E-state index < -0.39 is 82.1 Å². The first kappa shape index (κ1) is 40.3.